The SMILES string of the molecule is O=C(NCCOc1ccccc1)NCc1cccs1. The zero-order chi connectivity index (χ0) is 13.3. The minimum atomic E-state index is -0.176. The van der Waals surface area contributed by atoms with E-state index in [4.69, 9.17) is 4.74 Å². The van der Waals surface area contributed by atoms with Crippen molar-refractivity contribution in [2.75, 3.05) is 13.2 Å². The molecule has 0 saturated heterocycles. The lowest BCUT2D eigenvalue weighted by Gasteiger charge is -2.08. The highest BCUT2D eigenvalue weighted by molar-refractivity contribution is 7.09. The van der Waals surface area contributed by atoms with Crippen molar-refractivity contribution in [3.63, 3.8) is 0 Å². The third-order valence-electron chi connectivity index (χ3n) is 2.40. The van der Waals surface area contributed by atoms with E-state index in [1.165, 1.54) is 0 Å². The number of urea groups is 1. The Morgan fingerprint density at radius 2 is 1.95 bits per heavy atom. The minimum Gasteiger partial charge on any atom is -0.492 e. The van der Waals surface area contributed by atoms with E-state index in [2.05, 4.69) is 10.6 Å². The number of rotatable bonds is 6. The van der Waals surface area contributed by atoms with Crippen LogP contribution in [0.15, 0.2) is 47.8 Å². The topological polar surface area (TPSA) is 50.4 Å². The lowest BCUT2D eigenvalue weighted by atomic mass is 10.3. The maximum Gasteiger partial charge on any atom is 0.315 e. The quantitative estimate of drug-likeness (QED) is 0.797. The highest BCUT2D eigenvalue weighted by Crippen LogP contribution is 2.08. The largest absolute Gasteiger partial charge is 0.492 e. The van der Waals surface area contributed by atoms with Crippen molar-refractivity contribution in [2.24, 2.45) is 0 Å². The predicted octanol–water partition coefficient (Wildman–Crippen LogP) is 2.63. The second kappa shape index (κ2) is 7.43. The Kier molecular flexibility index (Phi) is 5.25. The summed E-state index contributed by atoms with van der Waals surface area (Å²) in [6.45, 7) is 1.49. The second-order valence-corrected chi connectivity index (χ2v) is 4.88. The smallest absolute Gasteiger partial charge is 0.315 e. The molecule has 0 aliphatic rings. The van der Waals surface area contributed by atoms with Crippen LogP contribution in [-0.2, 0) is 6.54 Å². The molecule has 5 heteroatoms. The van der Waals surface area contributed by atoms with Crippen molar-refractivity contribution in [3.05, 3.63) is 52.7 Å². The summed E-state index contributed by atoms with van der Waals surface area (Å²) in [5.74, 6) is 0.809. The standard InChI is InChI=1S/C14H16N2O2S/c17-14(16-11-13-7-4-10-19-13)15-8-9-18-12-5-2-1-3-6-12/h1-7,10H,8-9,11H2,(H2,15,16,17). The van der Waals surface area contributed by atoms with Gasteiger partial charge in [0.25, 0.3) is 0 Å². The first-order chi connectivity index (χ1) is 9.34. The average Bonchev–Trinajstić information content (AvgIpc) is 2.96. The van der Waals surface area contributed by atoms with Crippen LogP contribution in [0, 0.1) is 0 Å². The van der Waals surface area contributed by atoms with Gasteiger partial charge in [-0.2, -0.15) is 0 Å². The molecule has 0 radical (unpaired) electrons. The summed E-state index contributed by atoms with van der Waals surface area (Å²) in [6, 6.07) is 13.3. The lowest BCUT2D eigenvalue weighted by molar-refractivity contribution is 0.236. The molecular formula is C14H16N2O2S. The Bertz CT molecular complexity index is 485. The van der Waals surface area contributed by atoms with Crippen LogP contribution in [0.1, 0.15) is 4.88 Å². The summed E-state index contributed by atoms with van der Waals surface area (Å²) in [6.07, 6.45) is 0. The molecule has 0 fully saturated rings. The summed E-state index contributed by atoms with van der Waals surface area (Å²) in [5.41, 5.74) is 0. The number of thiophene rings is 1. The van der Waals surface area contributed by atoms with E-state index in [-0.39, 0.29) is 6.03 Å². The molecule has 0 aliphatic heterocycles. The van der Waals surface area contributed by atoms with E-state index < -0.39 is 0 Å². The number of carbonyl (C=O) groups excluding carboxylic acids is 1. The van der Waals surface area contributed by atoms with Crippen LogP contribution in [-0.4, -0.2) is 19.2 Å². The van der Waals surface area contributed by atoms with E-state index >= 15 is 0 Å². The number of para-hydroxylation sites is 1. The zero-order valence-electron chi connectivity index (χ0n) is 10.5. The van der Waals surface area contributed by atoms with E-state index in [1.807, 2.05) is 47.8 Å². The molecule has 0 bridgehead atoms. The van der Waals surface area contributed by atoms with Crippen molar-refractivity contribution in [1.82, 2.24) is 10.6 Å². The van der Waals surface area contributed by atoms with E-state index in [9.17, 15) is 4.79 Å². The van der Waals surface area contributed by atoms with Gasteiger partial charge in [0.05, 0.1) is 13.1 Å². The van der Waals surface area contributed by atoms with Gasteiger partial charge in [-0.15, -0.1) is 11.3 Å². The van der Waals surface area contributed by atoms with Gasteiger partial charge in [-0.1, -0.05) is 24.3 Å². The van der Waals surface area contributed by atoms with Gasteiger partial charge in [0.1, 0.15) is 12.4 Å². The zero-order valence-corrected chi connectivity index (χ0v) is 11.3. The summed E-state index contributed by atoms with van der Waals surface area (Å²) >= 11 is 1.62. The molecule has 2 rings (SSSR count). The average molecular weight is 276 g/mol. The monoisotopic (exact) mass is 276 g/mol. The normalized spacial score (nSPS) is 9.89. The first-order valence-corrected chi connectivity index (χ1v) is 6.94. The van der Waals surface area contributed by atoms with Crippen molar-refractivity contribution < 1.29 is 9.53 Å². The maximum absolute atomic E-state index is 11.5. The van der Waals surface area contributed by atoms with Gasteiger partial charge >= 0.3 is 6.03 Å². The number of nitrogens with one attached hydrogen (secondary N) is 2. The molecule has 0 atom stereocenters. The predicted molar refractivity (Wildman–Crippen MR) is 76.5 cm³/mol. The fourth-order valence-electron chi connectivity index (χ4n) is 1.49. The van der Waals surface area contributed by atoms with Crippen molar-refractivity contribution in [3.8, 4) is 5.75 Å². The molecule has 1 aromatic carbocycles. The van der Waals surface area contributed by atoms with Crippen molar-refractivity contribution in [1.29, 1.82) is 0 Å². The van der Waals surface area contributed by atoms with E-state index in [0.29, 0.717) is 19.7 Å². The fourth-order valence-corrected chi connectivity index (χ4v) is 2.14. The van der Waals surface area contributed by atoms with E-state index in [1.54, 1.807) is 11.3 Å². The Balaban J connectivity index is 1.57. The fraction of sp³-hybridized carbons (Fsp3) is 0.214. The molecule has 0 saturated carbocycles. The van der Waals surface area contributed by atoms with Crippen LogP contribution in [0.2, 0.25) is 0 Å². The molecule has 0 spiro atoms. The summed E-state index contributed by atoms with van der Waals surface area (Å²) in [4.78, 5) is 12.6. The molecule has 2 aromatic rings. The number of ether oxygens (including phenoxy) is 1. The highest BCUT2D eigenvalue weighted by atomic mass is 32.1. The van der Waals surface area contributed by atoms with Crippen LogP contribution < -0.4 is 15.4 Å². The first-order valence-electron chi connectivity index (χ1n) is 6.06. The Labute approximate surface area is 116 Å². The minimum absolute atomic E-state index is 0.176. The van der Waals surface area contributed by atoms with Crippen LogP contribution >= 0.6 is 11.3 Å². The molecule has 100 valence electrons. The highest BCUT2D eigenvalue weighted by Gasteiger charge is 2.00. The first kappa shape index (κ1) is 13.4. The van der Waals surface area contributed by atoms with Gasteiger partial charge in [0.2, 0.25) is 0 Å². The number of benzene rings is 1. The van der Waals surface area contributed by atoms with Crippen molar-refractivity contribution in [2.45, 2.75) is 6.54 Å². The maximum atomic E-state index is 11.5. The molecular weight excluding hydrogens is 260 g/mol. The Morgan fingerprint density at radius 1 is 1.11 bits per heavy atom. The van der Waals surface area contributed by atoms with Gasteiger partial charge in [-0.3, -0.25) is 0 Å². The number of hydrogen-bond donors (Lipinski definition) is 2. The van der Waals surface area contributed by atoms with Crippen molar-refractivity contribution >= 4 is 17.4 Å². The van der Waals surface area contributed by atoms with Crippen LogP contribution in [0.5, 0.6) is 5.75 Å². The summed E-state index contributed by atoms with van der Waals surface area (Å²) < 4.78 is 5.47. The van der Waals surface area contributed by atoms with Crippen LogP contribution in [0.3, 0.4) is 0 Å². The summed E-state index contributed by atoms with van der Waals surface area (Å²) in [5, 5.41) is 7.52. The Hall–Kier alpha value is -2.01. The molecule has 0 aliphatic carbocycles. The van der Waals surface area contributed by atoms with E-state index in [0.717, 1.165) is 10.6 Å². The molecule has 0 unspecified atom stereocenters. The molecule has 4 nitrogen and oxygen atoms in total. The van der Waals surface area contributed by atoms with Crippen LogP contribution in [0.4, 0.5) is 4.79 Å². The third-order valence-corrected chi connectivity index (χ3v) is 3.28. The molecule has 1 heterocycles. The molecule has 2 amide bonds. The van der Waals surface area contributed by atoms with Gasteiger partial charge < -0.3 is 15.4 Å². The van der Waals surface area contributed by atoms with Gasteiger partial charge in [0, 0.05) is 4.88 Å². The van der Waals surface area contributed by atoms with Gasteiger partial charge in [-0.25, -0.2) is 4.79 Å². The number of amides is 2. The van der Waals surface area contributed by atoms with Crippen LogP contribution in [0.25, 0.3) is 0 Å². The summed E-state index contributed by atoms with van der Waals surface area (Å²) in [7, 11) is 0. The number of carbonyl (C=O) groups is 1. The third kappa shape index (κ3) is 5.01. The number of hydrogen-bond acceptors (Lipinski definition) is 3. The molecule has 19 heavy (non-hydrogen) atoms. The molecule has 2 N–H and O–H groups in total. The Morgan fingerprint density at radius 3 is 2.68 bits per heavy atom. The van der Waals surface area contributed by atoms with Gasteiger partial charge in [-0.05, 0) is 23.6 Å². The molecule has 1 aromatic heterocycles. The van der Waals surface area contributed by atoms with Gasteiger partial charge in [0.15, 0.2) is 0 Å². The second-order valence-electron chi connectivity index (χ2n) is 3.85. The lowest BCUT2D eigenvalue weighted by Crippen LogP contribution is -2.37.